The summed E-state index contributed by atoms with van der Waals surface area (Å²) in [6.07, 6.45) is 5.30. The van der Waals surface area contributed by atoms with Crippen LogP contribution in [0.4, 0.5) is 10.5 Å². The lowest BCUT2D eigenvalue weighted by Gasteiger charge is -2.14. The lowest BCUT2D eigenvalue weighted by Crippen LogP contribution is -2.28. The van der Waals surface area contributed by atoms with Gasteiger partial charge in [0.05, 0.1) is 14.2 Å². The summed E-state index contributed by atoms with van der Waals surface area (Å²) in [7, 11) is 3.18. The Morgan fingerprint density at radius 1 is 1.07 bits per heavy atom. The molecule has 1 aliphatic carbocycles. The molecule has 2 N–H and O–H groups in total. The highest BCUT2D eigenvalue weighted by Crippen LogP contribution is 2.35. The van der Waals surface area contributed by atoms with E-state index in [1.165, 1.54) is 30.6 Å². The second kappa shape index (κ2) is 9.55. The number of hydrogen-bond donors (Lipinski definition) is 2. The Morgan fingerprint density at radius 2 is 1.81 bits per heavy atom. The summed E-state index contributed by atoms with van der Waals surface area (Å²) in [4.78, 5) is 13.5. The molecule has 2 aromatic carbocycles. The van der Waals surface area contributed by atoms with Crippen molar-refractivity contribution in [1.29, 1.82) is 0 Å². The molecule has 5 nitrogen and oxygen atoms in total. The maximum atomic E-state index is 12.2. The third-order valence-electron chi connectivity index (χ3n) is 4.64. The molecular weight excluding hydrogens is 360 g/mol. The fraction of sp³-hybridized carbons (Fsp3) is 0.381. The van der Waals surface area contributed by atoms with E-state index in [2.05, 4.69) is 22.8 Å². The van der Waals surface area contributed by atoms with Gasteiger partial charge in [-0.3, -0.25) is 0 Å². The first-order valence-electron chi connectivity index (χ1n) is 9.21. The lowest BCUT2D eigenvalue weighted by atomic mass is 10.2. The van der Waals surface area contributed by atoms with Gasteiger partial charge in [0.2, 0.25) is 0 Å². The molecule has 0 aliphatic heterocycles. The molecule has 1 aliphatic rings. The summed E-state index contributed by atoms with van der Waals surface area (Å²) in [5.74, 6) is 1.28. The van der Waals surface area contributed by atoms with Crippen LogP contribution in [0.3, 0.4) is 0 Å². The van der Waals surface area contributed by atoms with Crippen molar-refractivity contribution < 1.29 is 14.3 Å². The average molecular weight is 387 g/mol. The minimum Gasteiger partial charge on any atom is -0.493 e. The molecule has 0 radical (unpaired) electrons. The summed E-state index contributed by atoms with van der Waals surface area (Å²) in [6.45, 7) is 0.349. The first-order chi connectivity index (χ1) is 13.2. The Hall–Kier alpha value is -2.34. The normalized spacial score (nSPS) is 14.0. The third kappa shape index (κ3) is 5.32. The minimum atomic E-state index is -0.254. The highest BCUT2D eigenvalue weighted by atomic mass is 32.2. The zero-order chi connectivity index (χ0) is 19.1. The molecule has 144 valence electrons. The number of thioether (sulfide) groups is 1. The minimum absolute atomic E-state index is 0.254. The second-order valence-corrected chi connectivity index (χ2v) is 7.88. The largest absolute Gasteiger partial charge is 0.493 e. The molecule has 1 fully saturated rings. The van der Waals surface area contributed by atoms with E-state index in [1.807, 2.05) is 42.1 Å². The van der Waals surface area contributed by atoms with Crippen LogP contribution in [0, 0.1) is 0 Å². The van der Waals surface area contributed by atoms with Gasteiger partial charge in [-0.25, -0.2) is 4.79 Å². The number of carbonyl (C=O) groups is 1. The van der Waals surface area contributed by atoms with Crippen LogP contribution >= 0.6 is 11.8 Å². The van der Waals surface area contributed by atoms with E-state index in [9.17, 15) is 4.79 Å². The maximum absolute atomic E-state index is 12.2. The zero-order valence-electron chi connectivity index (χ0n) is 15.8. The molecular formula is C21H26N2O3S. The van der Waals surface area contributed by atoms with Crippen LogP contribution in [0.2, 0.25) is 0 Å². The van der Waals surface area contributed by atoms with Crippen molar-refractivity contribution in [3.63, 3.8) is 0 Å². The number of urea groups is 1. The van der Waals surface area contributed by atoms with Crippen molar-refractivity contribution in [2.45, 2.75) is 42.4 Å². The molecule has 0 saturated heterocycles. The summed E-state index contributed by atoms with van der Waals surface area (Å²) in [5.41, 5.74) is 1.64. The van der Waals surface area contributed by atoms with Gasteiger partial charge in [-0.1, -0.05) is 25.0 Å². The van der Waals surface area contributed by atoms with E-state index in [0.717, 1.165) is 16.5 Å². The van der Waals surface area contributed by atoms with Crippen molar-refractivity contribution in [1.82, 2.24) is 5.32 Å². The Labute approximate surface area is 164 Å². The van der Waals surface area contributed by atoms with Crippen LogP contribution in [-0.2, 0) is 6.54 Å². The number of amides is 2. The van der Waals surface area contributed by atoms with E-state index in [1.54, 1.807) is 14.2 Å². The Balaban J connectivity index is 1.52. The average Bonchev–Trinajstić information content (AvgIpc) is 3.20. The standard InChI is InChI=1S/C21H26N2O3S/c1-25-19-9-5-6-15(20(19)26-2)14-22-21(24)23-16-10-12-18(13-11-16)27-17-7-3-4-8-17/h5-6,9-13,17H,3-4,7-8,14H2,1-2H3,(H2,22,23,24). The molecule has 0 aromatic heterocycles. The molecule has 0 atom stereocenters. The quantitative estimate of drug-likeness (QED) is 0.698. The van der Waals surface area contributed by atoms with Crippen LogP contribution in [0.1, 0.15) is 31.2 Å². The first-order valence-corrected chi connectivity index (χ1v) is 10.1. The zero-order valence-corrected chi connectivity index (χ0v) is 16.6. The lowest BCUT2D eigenvalue weighted by molar-refractivity contribution is 0.251. The number of methoxy groups -OCH3 is 2. The first kappa shape index (κ1) is 19.4. The van der Waals surface area contributed by atoms with Gasteiger partial charge in [-0.05, 0) is 43.2 Å². The van der Waals surface area contributed by atoms with Gasteiger partial charge in [0.1, 0.15) is 0 Å². The van der Waals surface area contributed by atoms with Crippen LogP contribution in [0.15, 0.2) is 47.4 Å². The Bertz CT molecular complexity index is 759. The van der Waals surface area contributed by atoms with Crippen molar-refractivity contribution in [2.24, 2.45) is 0 Å². The maximum Gasteiger partial charge on any atom is 0.319 e. The molecule has 2 amide bonds. The number of benzene rings is 2. The fourth-order valence-corrected chi connectivity index (χ4v) is 4.51. The van der Waals surface area contributed by atoms with Crippen LogP contribution in [0.25, 0.3) is 0 Å². The topological polar surface area (TPSA) is 59.6 Å². The van der Waals surface area contributed by atoms with Crippen molar-refractivity contribution in [3.05, 3.63) is 48.0 Å². The molecule has 0 bridgehead atoms. The summed E-state index contributed by atoms with van der Waals surface area (Å²) < 4.78 is 10.7. The van der Waals surface area contributed by atoms with Crippen LogP contribution in [0.5, 0.6) is 11.5 Å². The predicted molar refractivity (Wildman–Crippen MR) is 110 cm³/mol. The molecule has 0 heterocycles. The predicted octanol–water partition coefficient (Wildman–Crippen LogP) is 5.06. The molecule has 0 spiro atoms. The van der Waals surface area contributed by atoms with E-state index in [4.69, 9.17) is 9.47 Å². The van der Waals surface area contributed by atoms with E-state index < -0.39 is 0 Å². The number of carbonyl (C=O) groups excluding carboxylic acids is 1. The van der Waals surface area contributed by atoms with Gasteiger partial charge in [0.15, 0.2) is 11.5 Å². The number of rotatable bonds is 7. The van der Waals surface area contributed by atoms with Crippen molar-refractivity contribution >= 4 is 23.5 Å². The monoisotopic (exact) mass is 386 g/mol. The van der Waals surface area contributed by atoms with Gasteiger partial charge < -0.3 is 20.1 Å². The number of nitrogens with one attached hydrogen (secondary N) is 2. The van der Waals surface area contributed by atoms with E-state index in [-0.39, 0.29) is 6.03 Å². The number of para-hydroxylation sites is 1. The molecule has 3 rings (SSSR count). The van der Waals surface area contributed by atoms with Gasteiger partial charge in [-0.2, -0.15) is 0 Å². The van der Waals surface area contributed by atoms with E-state index >= 15 is 0 Å². The van der Waals surface area contributed by atoms with Gasteiger partial charge in [0, 0.05) is 27.9 Å². The van der Waals surface area contributed by atoms with Crippen molar-refractivity contribution in [3.8, 4) is 11.5 Å². The summed E-state index contributed by atoms with van der Waals surface area (Å²) >= 11 is 1.94. The number of hydrogen-bond acceptors (Lipinski definition) is 4. The highest BCUT2D eigenvalue weighted by Gasteiger charge is 2.16. The van der Waals surface area contributed by atoms with Crippen molar-refractivity contribution in [2.75, 3.05) is 19.5 Å². The smallest absolute Gasteiger partial charge is 0.319 e. The molecule has 6 heteroatoms. The van der Waals surface area contributed by atoms with Gasteiger partial charge in [0.25, 0.3) is 0 Å². The van der Waals surface area contributed by atoms with Gasteiger partial charge >= 0.3 is 6.03 Å². The summed E-state index contributed by atoms with van der Waals surface area (Å²) in [5, 5.41) is 6.46. The Kier molecular flexibility index (Phi) is 6.87. The molecule has 2 aromatic rings. The van der Waals surface area contributed by atoms with E-state index in [0.29, 0.717) is 18.0 Å². The van der Waals surface area contributed by atoms with Crippen LogP contribution in [-0.4, -0.2) is 25.5 Å². The summed E-state index contributed by atoms with van der Waals surface area (Å²) in [6, 6.07) is 13.4. The molecule has 0 unspecified atom stereocenters. The molecule has 27 heavy (non-hydrogen) atoms. The van der Waals surface area contributed by atoms with Crippen LogP contribution < -0.4 is 20.1 Å². The van der Waals surface area contributed by atoms with Gasteiger partial charge in [-0.15, -0.1) is 11.8 Å². The highest BCUT2D eigenvalue weighted by molar-refractivity contribution is 8.00. The number of anilines is 1. The Morgan fingerprint density at radius 3 is 2.48 bits per heavy atom. The number of ether oxygens (including phenoxy) is 2. The second-order valence-electron chi connectivity index (χ2n) is 6.51. The third-order valence-corrected chi connectivity index (χ3v) is 5.99. The fourth-order valence-electron chi connectivity index (χ4n) is 3.26. The molecule has 1 saturated carbocycles. The SMILES string of the molecule is COc1cccc(CNC(=O)Nc2ccc(SC3CCCC3)cc2)c1OC.